The monoisotopic (exact) mass is 362 g/mol. The molecule has 9 atom stereocenters. The van der Waals surface area contributed by atoms with Crippen molar-refractivity contribution in [2.24, 2.45) is 45.3 Å². The van der Waals surface area contributed by atoms with Crippen LogP contribution in [-0.2, 0) is 14.3 Å². The van der Waals surface area contributed by atoms with Gasteiger partial charge in [0.15, 0.2) is 0 Å². The third kappa shape index (κ3) is 1.56. The zero-order valence-corrected chi connectivity index (χ0v) is 16.0. The summed E-state index contributed by atoms with van der Waals surface area (Å²) in [5.41, 5.74) is -1.15. The summed E-state index contributed by atoms with van der Waals surface area (Å²) in [5, 5.41) is 20.6. The van der Waals surface area contributed by atoms with Gasteiger partial charge in [0.05, 0.1) is 24.0 Å². The van der Waals surface area contributed by atoms with Gasteiger partial charge in [0.25, 0.3) is 0 Å². The molecule has 0 aromatic carbocycles. The van der Waals surface area contributed by atoms with Crippen LogP contribution in [0.3, 0.4) is 0 Å². The minimum atomic E-state index is -0.850. The van der Waals surface area contributed by atoms with Crippen molar-refractivity contribution < 1.29 is 24.5 Å². The van der Waals surface area contributed by atoms with E-state index in [1.807, 2.05) is 6.92 Å². The minimum absolute atomic E-state index is 0.0152. The molecule has 0 aromatic heterocycles. The molecule has 1 unspecified atom stereocenters. The summed E-state index contributed by atoms with van der Waals surface area (Å²) in [4.78, 5) is 24.7. The zero-order valence-electron chi connectivity index (χ0n) is 16.0. The van der Waals surface area contributed by atoms with E-state index >= 15 is 0 Å². The number of carboxylic acids is 1. The van der Waals surface area contributed by atoms with Crippen LogP contribution in [0.15, 0.2) is 0 Å². The summed E-state index contributed by atoms with van der Waals surface area (Å²) in [6.45, 7) is 4.22. The van der Waals surface area contributed by atoms with Crippen LogP contribution in [0, 0.1) is 45.3 Å². The van der Waals surface area contributed by atoms with E-state index in [9.17, 15) is 19.8 Å². The number of aliphatic hydroxyl groups is 1. The number of fused-ring (bicyclic) bond motifs is 1. The van der Waals surface area contributed by atoms with Gasteiger partial charge in [0.1, 0.15) is 0 Å². The normalized spacial score (nSPS) is 59.2. The van der Waals surface area contributed by atoms with E-state index in [2.05, 4.69) is 6.92 Å². The van der Waals surface area contributed by atoms with Crippen LogP contribution in [-0.4, -0.2) is 35.4 Å². The Morgan fingerprint density at radius 3 is 2.42 bits per heavy atom. The number of aliphatic carboxylic acids is 1. The summed E-state index contributed by atoms with van der Waals surface area (Å²) in [6.07, 6.45) is 5.69. The first-order valence-corrected chi connectivity index (χ1v) is 10.2. The number of hydrogen-bond acceptors (Lipinski definition) is 4. The number of ether oxygens (including phenoxy) is 1. The van der Waals surface area contributed by atoms with Crippen molar-refractivity contribution in [1.82, 2.24) is 0 Å². The summed E-state index contributed by atoms with van der Waals surface area (Å²) in [5.74, 6) is 0.439. The third-order valence-corrected chi connectivity index (χ3v) is 10.1. The Hall–Kier alpha value is -1.10. The number of carbonyl (C=O) groups excluding carboxylic acids is 1. The molecule has 0 aromatic rings. The molecule has 6 aliphatic rings. The van der Waals surface area contributed by atoms with Crippen molar-refractivity contribution in [3.63, 3.8) is 0 Å². The van der Waals surface area contributed by atoms with Crippen LogP contribution >= 0.6 is 0 Å². The lowest BCUT2D eigenvalue weighted by Gasteiger charge is -2.65. The van der Waals surface area contributed by atoms with Crippen molar-refractivity contribution >= 4 is 11.9 Å². The van der Waals surface area contributed by atoms with E-state index in [-0.39, 0.29) is 22.7 Å². The predicted molar refractivity (Wildman–Crippen MR) is 93.0 cm³/mol. The van der Waals surface area contributed by atoms with Gasteiger partial charge in [-0.1, -0.05) is 6.92 Å². The van der Waals surface area contributed by atoms with E-state index in [1.54, 1.807) is 0 Å². The first-order chi connectivity index (χ1) is 12.2. The highest BCUT2D eigenvalue weighted by Crippen LogP contribution is 2.85. The van der Waals surface area contributed by atoms with Gasteiger partial charge in [-0.15, -0.1) is 0 Å². The Balaban J connectivity index is 1.54. The molecule has 0 saturated heterocycles. The second-order valence-corrected chi connectivity index (χ2v) is 10.5. The van der Waals surface area contributed by atoms with Crippen LogP contribution in [0.5, 0.6) is 0 Å². The molecule has 0 aliphatic heterocycles. The molecular formula is C21H30O5. The highest BCUT2D eigenvalue weighted by molar-refractivity contribution is 5.81. The molecule has 0 heterocycles. The van der Waals surface area contributed by atoms with Gasteiger partial charge in [-0.25, -0.2) is 0 Å². The fraction of sp³-hybridized carbons (Fsp3) is 0.905. The molecule has 26 heavy (non-hydrogen) atoms. The van der Waals surface area contributed by atoms with Crippen molar-refractivity contribution in [3.05, 3.63) is 0 Å². The Morgan fingerprint density at radius 1 is 1.08 bits per heavy atom. The number of hydrogen-bond donors (Lipinski definition) is 2. The van der Waals surface area contributed by atoms with Crippen molar-refractivity contribution in [2.75, 3.05) is 7.11 Å². The van der Waals surface area contributed by atoms with E-state index in [4.69, 9.17) is 4.74 Å². The topological polar surface area (TPSA) is 83.8 Å². The maximum Gasteiger partial charge on any atom is 0.314 e. The number of carboxylic acid groups (broad SMARTS) is 1. The van der Waals surface area contributed by atoms with Crippen molar-refractivity contribution in [2.45, 2.75) is 64.9 Å². The van der Waals surface area contributed by atoms with Crippen LogP contribution in [0.2, 0.25) is 0 Å². The van der Waals surface area contributed by atoms with Crippen molar-refractivity contribution in [3.8, 4) is 0 Å². The Labute approximate surface area is 154 Å². The Kier molecular flexibility index (Phi) is 3.05. The number of rotatable bonds is 2. The first-order valence-electron chi connectivity index (χ1n) is 10.2. The molecule has 2 N–H and O–H groups in total. The summed E-state index contributed by atoms with van der Waals surface area (Å²) in [6, 6.07) is 0. The average Bonchev–Trinajstić information content (AvgIpc) is 3.13. The fourth-order valence-corrected chi connectivity index (χ4v) is 8.97. The van der Waals surface area contributed by atoms with E-state index in [1.165, 1.54) is 7.11 Å². The van der Waals surface area contributed by atoms with Gasteiger partial charge in [0, 0.05) is 0 Å². The number of carbonyl (C=O) groups is 2. The largest absolute Gasteiger partial charge is 0.481 e. The summed E-state index contributed by atoms with van der Waals surface area (Å²) < 4.78 is 5.13. The lowest BCUT2D eigenvalue weighted by Crippen LogP contribution is -2.63. The standard InChI is InChI=1S/C21H30O5/c1-18-6-5-15(22)19(2,17(25)26-3)13(18)4-7-20-9-12-11(8-14(18)20)21(12,10-20)16(23)24/h11-15,22H,4-10H2,1-3H3,(H,23,24)/t11-,12?,13-,14-,15+,18+,19-,20-,21+/m0/s1. The molecule has 0 radical (unpaired) electrons. The molecule has 4 bridgehead atoms. The van der Waals surface area contributed by atoms with E-state index in [0.29, 0.717) is 24.2 Å². The molecule has 6 fully saturated rings. The molecule has 5 heteroatoms. The second-order valence-electron chi connectivity index (χ2n) is 10.5. The lowest BCUT2D eigenvalue weighted by molar-refractivity contribution is -0.212. The van der Waals surface area contributed by atoms with Gasteiger partial charge in [-0.2, -0.15) is 0 Å². The van der Waals surface area contributed by atoms with Gasteiger partial charge in [0.2, 0.25) is 0 Å². The van der Waals surface area contributed by atoms with Gasteiger partial charge in [-0.3, -0.25) is 9.59 Å². The third-order valence-electron chi connectivity index (χ3n) is 10.1. The van der Waals surface area contributed by atoms with Crippen LogP contribution in [0.1, 0.15) is 58.8 Å². The fourth-order valence-electron chi connectivity index (χ4n) is 8.97. The maximum absolute atomic E-state index is 12.7. The quantitative estimate of drug-likeness (QED) is 0.738. The highest BCUT2D eigenvalue weighted by Gasteiger charge is 2.83. The summed E-state index contributed by atoms with van der Waals surface area (Å²) in [7, 11) is 1.42. The molecule has 1 spiro atoms. The molecule has 0 amide bonds. The highest BCUT2D eigenvalue weighted by atomic mass is 16.5. The lowest BCUT2D eigenvalue weighted by atomic mass is 9.39. The van der Waals surface area contributed by atoms with Gasteiger partial charge in [-0.05, 0) is 86.4 Å². The van der Waals surface area contributed by atoms with Crippen LogP contribution in [0.4, 0.5) is 0 Å². The van der Waals surface area contributed by atoms with Crippen molar-refractivity contribution in [1.29, 1.82) is 0 Å². The van der Waals surface area contributed by atoms with E-state index in [0.717, 1.165) is 38.5 Å². The van der Waals surface area contributed by atoms with Gasteiger partial charge < -0.3 is 14.9 Å². The molecule has 5 nitrogen and oxygen atoms in total. The predicted octanol–water partition coefficient (Wildman–Crippen LogP) is 2.85. The number of esters is 1. The average molecular weight is 362 g/mol. The number of methoxy groups -OCH3 is 1. The SMILES string of the molecule is COC(=O)[C@]1(C)[C@H](O)CC[C@@]2(C)[C@@H]3C[C@H]4C5C[C@@]3(CC[C@@H]21)C[C@]54C(=O)O. The molecule has 6 rings (SSSR count). The smallest absolute Gasteiger partial charge is 0.314 e. The summed E-state index contributed by atoms with van der Waals surface area (Å²) >= 11 is 0. The van der Waals surface area contributed by atoms with Crippen LogP contribution < -0.4 is 0 Å². The molecule has 6 saturated carbocycles. The van der Waals surface area contributed by atoms with E-state index < -0.39 is 22.9 Å². The molecule has 144 valence electrons. The zero-order chi connectivity index (χ0) is 18.7. The van der Waals surface area contributed by atoms with Gasteiger partial charge >= 0.3 is 11.9 Å². The number of aliphatic hydroxyl groups excluding tert-OH is 1. The second kappa shape index (κ2) is 4.65. The Bertz CT molecular complexity index is 705. The maximum atomic E-state index is 12.7. The Morgan fingerprint density at radius 2 is 1.81 bits per heavy atom. The molecule has 6 aliphatic carbocycles. The van der Waals surface area contributed by atoms with Crippen LogP contribution in [0.25, 0.3) is 0 Å². The minimum Gasteiger partial charge on any atom is -0.481 e. The molecular weight excluding hydrogens is 332 g/mol. The first kappa shape index (κ1) is 17.0.